The zero-order valence-electron chi connectivity index (χ0n) is 18.5. The van der Waals surface area contributed by atoms with Crippen LogP contribution in [0, 0.1) is 0 Å². The summed E-state index contributed by atoms with van der Waals surface area (Å²) >= 11 is 0. The van der Waals surface area contributed by atoms with Crippen LogP contribution < -0.4 is 10.6 Å². The maximum Gasteiger partial charge on any atom is 0.321 e. The first-order valence-corrected chi connectivity index (χ1v) is 11.5. The molecule has 0 bridgehead atoms. The van der Waals surface area contributed by atoms with Gasteiger partial charge < -0.3 is 20.3 Å². The molecule has 2 N–H and O–H groups in total. The lowest BCUT2D eigenvalue weighted by molar-refractivity contribution is 0.0342. The molecule has 32 heavy (non-hydrogen) atoms. The molecule has 0 aromatic heterocycles. The van der Waals surface area contributed by atoms with E-state index < -0.39 is 0 Å². The summed E-state index contributed by atoms with van der Waals surface area (Å²) in [6.45, 7) is 5.78. The third kappa shape index (κ3) is 6.31. The van der Waals surface area contributed by atoms with Gasteiger partial charge in [0.05, 0.1) is 13.2 Å². The first-order valence-electron chi connectivity index (χ1n) is 11.5. The Morgan fingerprint density at radius 2 is 1.47 bits per heavy atom. The summed E-state index contributed by atoms with van der Waals surface area (Å²) in [5.74, 6) is -0.143. The molecule has 0 atom stereocenters. The number of urea groups is 1. The normalized spacial score (nSPS) is 17.4. The highest BCUT2D eigenvalue weighted by molar-refractivity contribution is 6.04. The van der Waals surface area contributed by atoms with E-state index in [1.807, 2.05) is 53.4 Å². The smallest absolute Gasteiger partial charge is 0.321 e. The molecule has 4 rings (SSSR count). The van der Waals surface area contributed by atoms with Crippen LogP contribution in [0.4, 0.5) is 16.2 Å². The molecule has 7 nitrogen and oxygen atoms in total. The van der Waals surface area contributed by atoms with Crippen molar-refractivity contribution >= 4 is 23.3 Å². The molecule has 7 heteroatoms. The number of anilines is 2. The van der Waals surface area contributed by atoms with Crippen LogP contribution in [-0.2, 0) is 11.3 Å². The van der Waals surface area contributed by atoms with Gasteiger partial charge in [-0.25, -0.2) is 4.79 Å². The molecule has 2 aliphatic rings. The van der Waals surface area contributed by atoms with Gasteiger partial charge in [-0.15, -0.1) is 0 Å². The zero-order chi connectivity index (χ0) is 22.2. The fourth-order valence-corrected chi connectivity index (χ4v) is 4.14. The van der Waals surface area contributed by atoms with E-state index in [0.717, 1.165) is 70.0 Å². The average Bonchev–Trinajstić information content (AvgIpc) is 3.11. The summed E-state index contributed by atoms with van der Waals surface area (Å²) in [5, 5.41) is 5.90. The van der Waals surface area contributed by atoms with Crippen molar-refractivity contribution in [3.05, 3.63) is 59.7 Å². The number of morpholine rings is 1. The van der Waals surface area contributed by atoms with E-state index in [2.05, 4.69) is 15.5 Å². The van der Waals surface area contributed by atoms with Gasteiger partial charge in [0.2, 0.25) is 0 Å². The fraction of sp³-hybridized carbons (Fsp3) is 0.440. The molecule has 2 aromatic carbocycles. The molecule has 2 aromatic rings. The standard InChI is InChI=1S/C25H32N4O3/c30-24(21-7-5-6-20(18-21)19-28-14-16-32-17-15-28)26-22-8-10-23(11-9-22)27-25(31)29-12-3-1-2-4-13-29/h5-11,18H,1-4,12-17,19H2,(H,26,30)(H,27,31). The number of carbonyl (C=O) groups is 2. The molecular weight excluding hydrogens is 404 g/mol. The van der Waals surface area contributed by atoms with Crippen LogP contribution in [0.25, 0.3) is 0 Å². The second-order valence-electron chi connectivity index (χ2n) is 8.45. The van der Waals surface area contributed by atoms with Crippen molar-refractivity contribution < 1.29 is 14.3 Å². The lowest BCUT2D eigenvalue weighted by Crippen LogP contribution is -2.35. The lowest BCUT2D eigenvalue weighted by atomic mass is 10.1. The minimum absolute atomic E-state index is 0.0548. The van der Waals surface area contributed by atoms with Crippen molar-refractivity contribution in [3.63, 3.8) is 0 Å². The fourth-order valence-electron chi connectivity index (χ4n) is 4.14. The number of hydrogen-bond acceptors (Lipinski definition) is 4. The van der Waals surface area contributed by atoms with E-state index in [1.165, 1.54) is 12.8 Å². The average molecular weight is 437 g/mol. The van der Waals surface area contributed by atoms with Gasteiger partial charge in [0, 0.05) is 49.7 Å². The number of amides is 3. The Morgan fingerprint density at radius 3 is 2.16 bits per heavy atom. The Morgan fingerprint density at radius 1 is 0.812 bits per heavy atom. The van der Waals surface area contributed by atoms with Gasteiger partial charge >= 0.3 is 6.03 Å². The Bertz CT molecular complexity index is 902. The Balaban J connectivity index is 1.31. The number of likely N-dealkylation sites (tertiary alicyclic amines) is 1. The van der Waals surface area contributed by atoms with Crippen molar-refractivity contribution in [1.82, 2.24) is 9.80 Å². The van der Waals surface area contributed by atoms with Crippen LogP contribution >= 0.6 is 0 Å². The molecule has 0 radical (unpaired) electrons. The molecule has 0 aliphatic carbocycles. The third-order valence-electron chi connectivity index (χ3n) is 5.99. The first-order chi connectivity index (χ1) is 15.7. The minimum Gasteiger partial charge on any atom is -0.379 e. The predicted molar refractivity (Wildman–Crippen MR) is 126 cm³/mol. The number of hydrogen-bond donors (Lipinski definition) is 2. The van der Waals surface area contributed by atoms with E-state index in [-0.39, 0.29) is 11.9 Å². The van der Waals surface area contributed by atoms with Crippen molar-refractivity contribution in [3.8, 4) is 0 Å². The van der Waals surface area contributed by atoms with Crippen molar-refractivity contribution in [2.45, 2.75) is 32.2 Å². The Labute approximate surface area is 189 Å². The highest BCUT2D eigenvalue weighted by atomic mass is 16.5. The predicted octanol–water partition coefficient (Wildman–Crippen LogP) is 4.18. The molecule has 2 saturated heterocycles. The molecule has 170 valence electrons. The molecule has 2 aliphatic heterocycles. The Hall–Kier alpha value is -2.90. The molecule has 2 fully saturated rings. The highest BCUT2D eigenvalue weighted by Gasteiger charge is 2.16. The van der Waals surface area contributed by atoms with Gasteiger partial charge in [0.15, 0.2) is 0 Å². The van der Waals surface area contributed by atoms with Crippen LogP contribution in [0.1, 0.15) is 41.6 Å². The highest BCUT2D eigenvalue weighted by Crippen LogP contribution is 2.17. The molecule has 0 saturated carbocycles. The monoisotopic (exact) mass is 436 g/mol. The minimum atomic E-state index is -0.143. The van der Waals surface area contributed by atoms with Crippen LogP contribution in [0.5, 0.6) is 0 Å². The molecule has 2 heterocycles. The number of nitrogens with zero attached hydrogens (tertiary/aromatic N) is 2. The van der Waals surface area contributed by atoms with Gasteiger partial charge in [-0.2, -0.15) is 0 Å². The van der Waals surface area contributed by atoms with E-state index in [1.54, 1.807) is 0 Å². The summed E-state index contributed by atoms with van der Waals surface area (Å²) in [5.41, 5.74) is 3.17. The summed E-state index contributed by atoms with van der Waals surface area (Å²) in [7, 11) is 0. The SMILES string of the molecule is O=C(Nc1ccc(NC(=O)N2CCCCCC2)cc1)c1cccc(CN2CCOCC2)c1. The van der Waals surface area contributed by atoms with E-state index in [4.69, 9.17) is 4.74 Å². The number of nitrogens with one attached hydrogen (secondary N) is 2. The topological polar surface area (TPSA) is 73.9 Å². The number of carbonyl (C=O) groups excluding carboxylic acids is 2. The van der Waals surface area contributed by atoms with Gasteiger partial charge in [-0.3, -0.25) is 9.69 Å². The number of rotatable bonds is 5. The van der Waals surface area contributed by atoms with E-state index in [9.17, 15) is 9.59 Å². The van der Waals surface area contributed by atoms with E-state index >= 15 is 0 Å². The van der Waals surface area contributed by atoms with Gasteiger partial charge in [0.25, 0.3) is 5.91 Å². The van der Waals surface area contributed by atoms with Crippen molar-refractivity contribution in [2.24, 2.45) is 0 Å². The van der Waals surface area contributed by atoms with Crippen molar-refractivity contribution in [1.29, 1.82) is 0 Å². The molecule has 0 unspecified atom stereocenters. The van der Waals surface area contributed by atoms with Gasteiger partial charge in [-0.1, -0.05) is 25.0 Å². The maximum absolute atomic E-state index is 12.7. The summed E-state index contributed by atoms with van der Waals surface area (Å²) < 4.78 is 5.40. The summed E-state index contributed by atoms with van der Waals surface area (Å²) in [4.78, 5) is 29.4. The Kier molecular flexibility index (Phi) is 7.74. The van der Waals surface area contributed by atoms with E-state index in [0.29, 0.717) is 11.3 Å². The lowest BCUT2D eigenvalue weighted by Gasteiger charge is -2.26. The van der Waals surface area contributed by atoms with Crippen LogP contribution in [-0.4, -0.2) is 61.1 Å². The molecule has 0 spiro atoms. The largest absolute Gasteiger partial charge is 0.379 e. The zero-order valence-corrected chi connectivity index (χ0v) is 18.5. The summed E-state index contributed by atoms with van der Waals surface area (Å²) in [6.07, 6.45) is 4.50. The van der Waals surface area contributed by atoms with Crippen LogP contribution in [0.3, 0.4) is 0 Å². The van der Waals surface area contributed by atoms with Gasteiger partial charge in [0.1, 0.15) is 0 Å². The maximum atomic E-state index is 12.7. The second-order valence-corrected chi connectivity index (χ2v) is 8.45. The third-order valence-corrected chi connectivity index (χ3v) is 5.99. The molecule has 3 amide bonds. The van der Waals surface area contributed by atoms with Crippen molar-refractivity contribution in [2.75, 3.05) is 50.0 Å². The summed E-state index contributed by atoms with van der Waals surface area (Å²) in [6, 6.07) is 15.0. The van der Waals surface area contributed by atoms with Crippen LogP contribution in [0.15, 0.2) is 48.5 Å². The number of benzene rings is 2. The van der Waals surface area contributed by atoms with Crippen LogP contribution in [0.2, 0.25) is 0 Å². The quantitative estimate of drug-likeness (QED) is 0.738. The first kappa shape index (κ1) is 22.3. The number of ether oxygens (including phenoxy) is 1. The molecular formula is C25H32N4O3. The second kappa shape index (κ2) is 11.1. The van der Waals surface area contributed by atoms with Gasteiger partial charge in [-0.05, 0) is 54.8 Å².